The van der Waals surface area contributed by atoms with Gasteiger partial charge in [0.2, 0.25) is 5.95 Å². The zero-order chi connectivity index (χ0) is 15.6. The molecular formula is C15H24N6. The molecule has 2 heterocycles. The largest absolute Gasteiger partial charge is 0.344 e. The van der Waals surface area contributed by atoms with E-state index in [9.17, 15) is 0 Å². The van der Waals surface area contributed by atoms with Crippen LogP contribution in [0.3, 0.4) is 0 Å². The number of nitrogens with one attached hydrogen (secondary N) is 1. The van der Waals surface area contributed by atoms with E-state index in [1.165, 1.54) is 0 Å². The normalized spacial score (nSPS) is 12.7. The highest BCUT2D eigenvalue weighted by Crippen LogP contribution is 2.23. The number of anilines is 1. The van der Waals surface area contributed by atoms with Crippen LogP contribution >= 0.6 is 0 Å². The maximum Gasteiger partial charge on any atom is 0.223 e. The Hall–Kier alpha value is -1.98. The Kier molecular flexibility index (Phi) is 4.55. The summed E-state index contributed by atoms with van der Waals surface area (Å²) in [6, 6.07) is 0.0546. The third-order valence-corrected chi connectivity index (χ3v) is 3.70. The predicted molar refractivity (Wildman–Crippen MR) is 83.1 cm³/mol. The van der Waals surface area contributed by atoms with E-state index in [1.807, 2.05) is 27.8 Å². The van der Waals surface area contributed by atoms with Crippen LogP contribution in [0.2, 0.25) is 0 Å². The van der Waals surface area contributed by atoms with Gasteiger partial charge in [-0.15, -0.1) is 0 Å². The summed E-state index contributed by atoms with van der Waals surface area (Å²) < 4.78 is 1.80. The summed E-state index contributed by atoms with van der Waals surface area (Å²) >= 11 is 0. The third-order valence-electron chi connectivity index (χ3n) is 3.70. The summed E-state index contributed by atoms with van der Waals surface area (Å²) in [6.45, 7) is 10.4. The fourth-order valence-corrected chi connectivity index (χ4v) is 2.31. The Bertz CT molecular complexity index is 593. The van der Waals surface area contributed by atoms with Gasteiger partial charge in [0.1, 0.15) is 12.2 Å². The summed E-state index contributed by atoms with van der Waals surface area (Å²) in [5.74, 6) is 2.10. The standard InChI is InChI=1S/C15H24N6/c1-9(2)7-13(14-16-8-17-21(14)6)20-15-18-11(4)10(3)12(5)19-15/h8-9,13H,7H2,1-6H3,(H,18,19,20). The second-order valence-electron chi connectivity index (χ2n) is 5.91. The lowest BCUT2D eigenvalue weighted by Gasteiger charge is -2.20. The number of nitrogens with zero attached hydrogens (tertiary/aromatic N) is 5. The zero-order valence-electron chi connectivity index (χ0n) is 13.7. The van der Waals surface area contributed by atoms with Crippen molar-refractivity contribution < 1.29 is 0 Å². The first kappa shape index (κ1) is 15.4. The highest BCUT2D eigenvalue weighted by molar-refractivity contribution is 5.34. The number of aryl methyl sites for hydroxylation is 3. The molecule has 0 aliphatic rings. The lowest BCUT2D eigenvalue weighted by molar-refractivity contribution is 0.496. The van der Waals surface area contributed by atoms with Crippen molar-refractivity contribution in [3.63, 3.8) is 0 Å². The molecule has 0 amide bonds. The molecular weight excluding hydrogens is 264 g/mol. The molecule has 6 heteroatoms. The minimum absolute atomic E-state index is 0.0546. The van der Waals surface area contributed by atoms with Crippen molar-refractivity contribution in [3.05, 3.63) is 29.1 Å². The first-order valence-electron chi connectivity index (χ1n) is 7.30. The van der Waals surface area contributed by atoms with Gasteiger partial charge in [-0.05, 0) is 38.7 Å². The molecule has 2 aromatic rings. The molecule has 2 aromatic heterocycles. The SMILES string of the molecule is Cc1nc(NC(CC(C)C)c2ncnn2C)nc(C)c1C. The third kappa shape index (κ3) is 3.56. The van der Waals surface area contributed by atoms with Crippen molar-refractivity contribution in [2.75, 3.05) is 5.32 Å². The molecule has 1 unspecified atom stereocenters. The Morgan fingerprint density at radius 1 is 1.14 bits per heavy atom. The molecule has 2 rings (SSSR count). The highest BCUT2D eigenvalue weighted by Gasteiger charge is 2.19. The van der Waals surface area contributed by atoms with Crippen molar-refractivity contribution >= 4 is 5.95 Å². The molecule has 0 spiro atoms. The minimum atomic E-state index is 0.0546. The van der Waals surface area contributed by atoms with E-state index in [0.29, 0.717) is 11.9 Å². The topological polar surface area (TPSA) is 68.5 Å². The van der Waals surface area contributed by atoms with Gasteiger partial charge in [-0.1, -0.05) is 13.8 Å². The quantitative estimate of drug-likeness (QED) is 0.916. The van der Waals surface area contributed by atoms with E-state index >= 15 is 0 Å². The highest BCUT2D eigenvalue weighted by atomic mass is 15.3. The van der Waals surface area contributed by atoms with E-state index in [0.717, 1.165) is 29.2 Å². The molecule has 0 aliphatic carbocycles. The van der Waals surface area contributed by atoms with Crippen molar-refractivity contribution in [2.45, 2.75) is 47.1 Å². The smallest absolute Gasteiger partial charge is 0.223 e. The summed E-state index contributed by atoms with van der Waals surface area (Å²) in [5, 5.41) is 7.58. The van der Waals surface area contributed by atoms with Gasteiger partial charge in [0.25, 0.3) is 0 Å². The average molecular weight is 288 g/mol. The fraction of sp³-hybridized carbons (Fsp3) is 0.600. The van der Waals surface area contributed by atoms with Gasteiger partial charge in [-0.2, -0.15) is 5.10 Å². The van der Waals surface area contributed by atoms with E-state index in [4.69, 9.17) is 0 Å². The molecule has 0 bridgehead atoms. The van der Waals surface area contributed by atoms with Crippen LogP contribution in [0.1, 0.15) is 49.1 Å². The van der Waals surface area contributed by atoms with Crippen LogP contribution in [0.25, 0.3) is 0 Å². The van der Waals surface area contributed by atoms with Gasteiger partial charge in [-0.25, -0.2) is 15.0 Å². The summed E-state index contributed by atoms with van der Waals surface area (Å²) in [5.41, 5.74) is 3.15. The lowest BCUT2D eigenvalue weighted by atomic mass is 10.0. The second-order valence-corrected chi connectivity index (χ2v) is 5.91. The first-order valence-corrected chi connectivity index (χ1v) is 7.30. The Morgan fingerprint density at radius 3 is 2.24 bits per heavy atom. The number of aromatic nitrogens is 5. The van der Waals surface area contributed by atoms with Crippen LogP contribution in [0.4, 0.5) is 5.95 Å². The van der Waals surface area contributed by atoms with Gasteiger partial charge < -0.3 is 5.32 Å². The lowest BCUT2D eigenvalue weighted by Crippen LogP contribution is -2.20. The van der Waals surface area contributed by atoms with Crippen LogP contribution in [0.5, 0.6) is 0 Å². The van der Waals surface area contributed by atoms with Gasteiger partial charge in [-0.3, -0.25) is 4.68 Å². The number of rotatable bonds is 5. The fourth-order valence-electron chi connectivity index (χ4n) is 2.31. The van der Waals surface area contributed by atoms with E-state index < -0.39 is 0 Å². The molecule has 1 N–H and O–H groups in total. The zero-order valence-corrected chi connectivity index (χ0v) is 13.7. The number of hydrogen-bond donors (Lipinski definition) is 1. The molecule has 21 heavy (non-hydrogen) atoms. The summed E-state index contributed by atoms with van der Waals surface area (Å²) in [4.78, 5) is 13.4. The van der Waals surface area contributed by atoms with Gasteiger partial charge in [0.15, 0.2) is 0 Å². The summed E-state index contributed by atoms with van der Waals surface area (Å²) in [7, 11) is 1.91. The monoisotopic (exact) mass is 288 g/mol. The predicted octanol–water partition coefficient (Wildman–Crippen LogP) is 2.73. The van der Waals surface area contributed by atoms with Crippen molar-refractivity contribution in [2.24, 2.45) is 13.0 Å². The molecule has 0 saturated carbocycles. The molecule has 1 atom stereocenters. The minimum Gasteiger partial charge on any atom is -0.344 e. The summed E-state index contributed by atoms with van der Waals surface area (Å²) in [6.07, 6.45) is 2.53. The molecule has 0 fully saturated rings. The molecule has 0 saturated heterocycles. The second kappa shape index (κ2) is 6.20. The van der Waals surface area contributed by atoms with Gasteiger partial charge in [0, 0.05) is 18.4 Å². The maximum absolute atomic E-state index is 4.54. The maximum atomic E-state index is 4.54. The molecule has 0 aliphatic heterocycles. The Morgan fingerprint density at radius 2 is 1.76 bits per heavy atom. The average Bonchev–Trinajstić information content (AvgIpc) is 2.81. The molecule has 6 nitrogen and oxygen atoms in total. The van der Waals surface area contributed by atoms with Crippen molar-refractivity contribution in [1.29, 1.82) is 0 Å². The van der Waals surface area contributed by atoms with E-state index in [-0.39, 0.29) is 6.04 Å². The van der Waals surface area contributed by atoms with Crippen LogP contribution < -0.4 is 5.32 Å². The Balaban J connectivity index is 2.29. The van der Waals surface area contributed by atoms with Crippen LogP contribution in [-0.4, -0.2) is 24.7 Å². The van der Waals surface area contributed by atoms with Crippen LogP contribution in [-0.2, 0) is 7.05 Å². The molecule has 0 radical (unpaired) electrons. The van der Waals surface area contributed by atoms with Crippen molar-refractivity contribution in [3.8, 4) is 0 Å². The molecule has 114 valence electrons. The first-order chi connectivity index (χ1) is 9.88. The van der Waals surface area contributed by atoms with Gasteiger partial charge in [0.05, 0.1) is 6.04 Å². The van der Waals surface area contributed by atoms with Crippen LogP contribution in [0, 0.1) is 26.7 Å². The number of hydrogen-bond acceptors (Lipinski definition) is 5. The van der Waals surface area contributed by atoms with Gasteiger partial charge >= 0.3 is 0 Å². The van der Waals surface area contributed by atoms with Crippen molar-refractivity contribution in [1.82, 2.24) is 24.7 Å². The molecule has 0 aromatic carbocycles. The van der Waals surface area contributed by atoms with Crippen LogP contribution in [0.15, 0.2) is 6.33 Å². The van der Waals surface area contributed by atoms with E-state index in [1.54, 1.807) is 11.0 Å². The Labute approximate surface area is 126 Å². The van der Waals surface area contributed by atoms with E-state index in [2.05, 4.69) is 39.2 Å².